The van der Waals surface area contributed by atoms with E-state index in [1.165, 1.54) is 0 Å². The molecule has 0 saturated heterocycles. The van der Waals surface area contributed by atoms with Crippen molar-refractivity contribution in [3.63, 3.8) is 0 Å². The van der Waals surface area contributed by atoms with Crippen molar-refractivity contribution >= 4 is 23.2 Å². The van der Waals surface area contributed by atoms with Crippen LogP contribution >= 0.6 is 23.2 Å². The van der Waals surface area contributed by atoms with Gasteiger partial charge in [0.05, 0.1) is 23.3 Å². The summed E-state index contributed by atoms with van der Waals surface area (Å²) in [6, 6.07) is 5.58. The van der Waals surface area contributed by atoms with Crippen molar-refractivity contribution in [3.8, 4) is 0 Å². The Bertz CT molecular complexity index is 329. The van der Waals surface area contributed by atoms with Crippen molar-refractivity contribution in [1.82, 2.24) is 0 Å². The topological polar surface area (TPSA) is 9.23 Å². The number of halogens is 2. The lowest BCUT2D eigenvalue weighted by atomic mass is 9.99. The third-order valence-corrected chi connectivity index (χ3v) is 2.68. The minimum atomic E-state index is 0.172. The van der Waals surface area contributed by atoms with Gasteiger partial charge in [-0.3, -0.25) is 0 Å². The molecule has 0 bridgehead atoms. The molecule has 0 spiro atoms. The molecule has 0 N–H and O–H groups in total. The molecule has 0 aliphatic carbocycles. The lowest BCUT2D eigenvalue weighted by Crippen LogP contribution is -2.14. The van der Waals surface area contributed by atoms with Crippen LogP contribution in [0.5, 0.6) is 0 Å². The van der Waals surface area contributed by atoms with Gasteiger partial charge in [0.15, 0.2) is 0 Å². The summed E-state index contributed by atoms with van der Waals surface area (Å²) >= 11 is 11.9. The summed E-state index contributed by atoms with van der Waals surface area (Å²) in [5.74, 6) is 0. The zero-order valence-electron chi connectivity index (χ0n) is 9.31. The van der Waals surface area contributed by atoms with Gasteiger partial charge in [-0.1, -0.05) is 56.1 Å². The predicted octanol–water partition coefficient (Wildman–Crippen LogP) is 4.56. The van der Waals surface area contributed by atoms with Crippen LogP contribution in [0, 0.1) is 5.41 Å². The minimum absolute atomic E-state index is 0.172. The van der Waals surface area contributed by atoms with Gasteiger partial charge >= 0.3 is 0 Å². The number of benzene rings is 1. The lowest BCUT2D eigenvalue weighted by molar-refractivity contribution is 0.0599. The van der Waals surface area contributed by atoms with Crippen LogP contribution in [0.15, 0.2) is 18.2 Å². The van der Waals surface area contributed by atoms with Crippen molar-refractivity contribution in [2.24, 2.45) is 5.41 Å². The van der Waals surface area contributed by atoms with E-state index < -0.39 is 0 Å². The minimum Gasteiger partial charge on any atom is -0.376 e. The van der Waals surface area contributed by atoms with Crippen LogP contribution in [-0.2, 0) is 11.3 Å². The SMILES string of the molecule is CC(C)(C)COCc1cccc(Cl)c1Cl. The summed E-state index contributed by atoms with van der Waals surface area (Å²) < 4.78 is 5.58. The van der Waals surface area contributed by atoms with Crippen molar-refractivity contribution < 1.29 is 4.74 Å². The Labute approximate surface area is 101 Å². The van der Waals surface area contributed by atoms with E-state index >= 15 is 0 Å². The van der Waals surface area contributed by atoms with Crippen LogP contribution in [0.3, 0.4) is 0 Å². The molecule has 0 saturated carbocycles. The first-order valence-electron chi connectivity index (χ1n) is 4.91. The highest BCUT2D eigenvalue weighted by molar-refractivity contribution is 6.42. The van der Waals surface area contributed by atoms with Crippen LogP contribution in [0.4, 0.5) is 0 Å². The monoisotopic (exact) mass is 246 g/mol. The van der Waals surface area contributed by atoms with Crippen molar-refractivity contribution in [2.75, 3.05) is 6.61 Å². The average Bonchev–Trinajstić information content (AvgIpc) is 2.10. The van der Waals surface area contributed by atoms with Gasteiger partial charge in [-0.2, -0.15) is 0 Å². The van der Waals surface area contributed by atoms with Gasteiger partial charge in [0.1, 0.15) is 0 Å². The largest absolute Gasteiger partial charge is 0.376 e. The molecule has 0 amide bonds. The smallest absolute Gasteiger partial charge is 0.0732 e. The number of ether oxygens (including phenoxy) is 1. The van der Waals surface area contributed by atoms with Gasteiger partial charge in [0.25, 0.3) is 0 Å². The maximum absolute atomic E-state index is 6.03. The van der Waals surface area contributed by atoms with Gasteiger partial charge in [-0.05, 0) is 17.0 Å². The van der Waals surface area contributed by atoms with E-state index in [-0.39, 0.29) is 5.41 Å². The third kappa shape index (κ3) is 4.42. The maximum Gasteiger partial charge on any atom is 0.0732 e. The fourth-order valence-corrected chi connectivity index (χ4v) is 1.50. The highest BCUT2D eigenvalue weighted by Crippen LogP contribution is 2.26. The Hall–Kier alpha value is -0.240. The maximum atomic E-state index is 6.03. The standard InChI is InChI=1S/C12H16Cl2O/c1-12(2,3)8-15-7-9-5-4-6-10(13)11(9)14/h4-6H,7-8H2,1-3H3. The van der Waals surface area contributed by atoms with Crippen molar-refractivity contribution in [1.29, 1.82) is 0 Å². The zero-order chi connectivity index (χ0) is 11.5. The highest BCUT2D eigenvalue weighted by Gasteiger charge is 2.11. The van der Waals surface area contributed by atoms with E-state index in [1.54, 1.807) is 6.07 Å². The zero-order valence-corrected chi connectivity index (χ0v) is 10.8. The molecule has 3 heteroatoms. The van der Waals surface area contributed by atoms with E-state index in [0.29, 0.717) is 23.3 Å². The summed E-state index contributed by atoms with van der Waals surface area (Å²) in [7, 11) is 0. The van der Waals surface area contributed by atoms with E-state index in [4.69, 9.17) is 27.9 Å². The van der Waals surface area contributed by atoms with Crippen LogP contribution in [0.2, 0.25) is 10.0 Å². The van der Waals surface area contributed by atoms with Crippen molar-refractivity contribution in [3.05, 3.63) is 33.8 Å². The Balaban J connectivity index is 2.55. The summed E-state index contributed by atoms with van der Waals surface area (Å²) in [5.41, 5.74) is 1.11. The molecule has 84 valence electrons. The summed E-state index contributed by atoms with van der Waals surface area (Å²) in [6.45, 7) is 7.61. The highest BCUT2D eigenvalue weighted by atomic mass is 35.5. The molecule has 0 atom stereocenters. The summed E-state index contributed by atoms with van der Waals surface area (Å²) in [4.78, 5) is 0. The lowest BCUT2D eigenvalue weighted by Gasteiger charge is -2.18. The van der Waals surface area contributed by atoms with Crippen LogP contribution < -0.4 is 0 Å². The number of hydrogen-bond acceptors (Lipinski definition) is 1. The Morgan fingerprint density at radius 1 is 1.20 bits per heavy atom. The second-order valence-corrected chi connectivity index (χ2v) is 5.55. The molecule has 1 rings (SSSR count). The third-order valence-electron chi connectivity index (χ3n) is 1.82. The molecule has 1 aromatic carbocycles. The number of rotatable bonds is 3. The molecule has 0 unspecified atom stereocenters. The van der Waals surface area contributed by atoms with Gasteiger partial charge in [0, 0.05) is 0 Å². The van der Waals surface area contributed by atoms with Crippen LogP contribution in [0.25, 0.3) is 0 Å². The fraction of sp³-hybridized carbons (Fsp3) is 0.500. The predicted molar refractivity (Wildman–Crippen MR) is 65.6 cm³/mol. The van der Waals surface area contributed by atoms with E-state index in [0.717, 1.165) is 5.56 Å². The first kappa shape index (κ1) is 12.8. The van der Waals surface area contributed by atoms with Gasteiger partial charge in [-0.25, -0.2) is 0 Å². The second kappa shape index (κ2) is 5.20. The van der Waals surface area contributed by atoms with Gasteiger partial charge in [-0.15, -0.1) is 0 Å². The molecule has 0 heterocycles. The molecule has 1 nitrogen and oxygen atoms in total. The Kier molecular flexibility index (Phi) is 4.45. The van der Waals surface area contributed by atoms with Crippen molar-refractivity contribution in [2.45, 2.75) is 27.4 Å². The molecular formula is C12H16Cl2O. The van der Waals surface area contributed by atoms with E-state index in [2.05, 4.69) is 20.8 Å². The normalized spacial score (nSPS) is 11.8. The fourth-order valence-electron chi connectivity index (χ4n) is 1.13. The van der Waals surface area contributed by atoms with E-state index in [9.17, 15) is 0 Å². The first-order valence-corrected chi connectivity index (χ1v) is 5.66. The molecule has 0 fully saturated rings. The molecular weight excluding hydrogens is 231 g/mol. The van der Waals surface area contributed by atoms with Crippen LogP contribution in [-0.4, -0.2) is 6.61 Å². The Morgan fingerprint density at radius 2 is 1.87 bits per heavy atom. The number of hydrogen-bond donors (Lipinski definition) is 0. The first-order chi connectivity index (χ1) is 6.90. The van der Waals surface area contributed by atoms with E-state index in [1.807, 2.05) is 12.1 Å². The summed E-state index contributed by atoms with van der Waals surface area (Å²) in [5, 5.41) is 1.17. The molecule has 0 aliphatic rings. The Morgan fingerprint density at radius 3 is 2.47 bits per heavy atom. The van der Waals surface area contributed by atoms with Gasteiger partial charge in [0.2, 0.25) is 0 Å². The quantitative estimate of drug-likeness (QED) is 0.760. The second-order valence-electron chi connectivity index (χ2n) is 4.77. The molecule has 0 radical (unpaired) electrons. The van der Waals surface area contributed by atoms with Crippen LogP contribution in [0.1, 0.15) is 26.3 Å². The molecule has 0 aromatic heterocycles. The summed E-state index contributed by atoms with van der Waals surface area (Å²) in [6.07, 6.45) is 0. The van der Waals surface area contributed by atoms with Gasteiger partial charge < -0.3 is 4.74 Å². The average molecular weight is 247 g/mol. The molecule has 1 aromatic rings. The molecule has 0 aliphatic heterocycles. The molecule has 15 heavy (non-hydrogen) atoms.